The van der Waals surface area contributed by atoms with Crippen molar-refractivity contribution >= 4 is 18.4 Å². The molecule has 0 spiro atoms. The van der Waals surface area contributed by atoms with Gasteiger partial charge in [0.25, 0.3) is 0 Å². The molecule has 1 aliphatic heterocycles. The molecular formula is C11H17ClN2O3. The first kappa shape index (κ1) is 14.0. The average Bonchev–Trinajstić information content (AvgIpc) is 2.87. The zero-order chi connectivity index (χ0) is 11.5. The van der Waals surface area contributed by atoms with E-state index in [1.807, 2.05) is 0 Å². The van der Waals surface area contributed by atoms with E-state index in [2.05, 4.69) is 9.64 Å². The van der Waals surface area contributed by atoms with Crippen LogP contribution in [0.15, 0.2) is 16.5 Å². The summed E-state index contributed by atoms with van der Waals surface area (Å²) in [7, 11) is 1.34. The lowest BCUT2D eigenvalue weighted by Crippen LogP contribution is -2.26. The van der Waals surface area contributed by atoms with Gasteiger partial charge < -0.3 is 14.9 Å². The summed E-state index contributed by atoms with van der Waals surface area (Å²) in [5, 5.41) is 0. The van der Waals surface area contributed by atoms with E-state index in [-0.39, 0.29) is 24.2 Å². The normalized spacial score (nSPS) is 20.0. The Hall–Kier alpha value is -1.04. The van der Waals surface area contributed by atoms with Crippen molar-refractivity contribution in [2.75, 3.05) is 20.2 Å². The highest BCUT2D eigenvalue weighted by Gasteiger charge is 2.20. The number of hydrogen-bond acceptors (Lipinski definition) is 5. The number of ether oxygens (including phenoxy) is 1. The largest absolute Gasteiger partial charge is 0.463 e. The Balaban J connectivity index is 0.00000144. The van der Waals surface area contributed by atoms with Crippen LogP contribution in [0.3, 0.4) is 0 Å². The van der Waals surface area contributed by atoms with Crippen LogP contribution in [0.5, 0.6) is 0 Å². The summed E-state index contributed by atoms with van der Waals surface area (Å²) in [5.74, 6) is 0.583. The van der Waals surface area contributed by atoms with E-state index < -0.39 is 5.97 Å². The number of likely N-dealkylation sites (tertiary alicyclic amines) is 1. The van der Waals surface area contributed by atoms with E-state index in [4.69, 9.17) is 10.2 Å². The molecule has 2 heterocycles. The van der Waals surface area contributed by atoms with Gasteiger partial charge in [0.05, 0.1) is 13.7 Å². The first-order chi connectivity index (χ1) is 7.69. The molecule has 1 fully saturated rings. The van der Waals surface area contributed by atoms with E-state index in [9.17, 15) is 4.79 Å². The molecular weight excluding hydrogens is 244 g/mol. The lowest BCUT2D eigenvalue weighted by atomic mass is 10.3. The summed E-state index contributed by atoms with van der Waals surface area (Å²) in [5.41, 5.74) is 5.81. The van der Waals surface area contributed by atoms with Gasteiger partial charge in [-0.1, -0.05) is 0 Å². The number of carbonyl (C=O) groups is 1. The summed E-state index contributed by atoms with van der Waals surface area (Å²) in [6.45, 7) is 2.56. The van der Waals surface area contributed by atoms with Crippen LogP contribution in [0.25, 0.3) is 0 Å². The monoisotopic (exact) mass is 260 g/mol. The second-order valence-electron chi connectivity index (χ2n) is 4.04. The van der Waals surface area contributed by atoms with Gasteiger partial charge in [0, 0.05) is 19.1 Å². The van der Waals surface area contributed by atoms with Gasteiger partial charge in [-0.15, -0.1) is 12.4 Å². The topological polar surface area (TPSA) is 68.7 Å². The van der Waals surface area contributed by atoms with Crippen LogP contribution >= 0.6 is 12.4 Å². The van der Waals surface area contributed by atoms with Crippen LogP contribution in [-0.4, -0.2) is 37.1 Å². The highest BCUT2D eigenvalue weighted by Crippen LogP contribution is 2.15. The Bertz CT molecular complexity index is 381. The van der Waals surface area contributed by atoms with Gasteiger partial charge in [0.2, 0.25) is 5.76 Å². The fourth-order valence-corrected chi connectivity index (χ4v) is 1.90. The van der Waals surface area contributed by atoms with Crippen molar-refractivity contribution in [1.82, 2.24) is 4.90 Å². The molecule has 0 bridgehead atoms. The summed E-state index contributed by atoms with van der Waals surface area (Å²) in [4.78, 5) is 13.4. The highest BCUT2D eigenvalue weighted by atomic mass is 35.5. The maximum absolute atomic E-state index is 11.2. The van der Waals surface area contributed by atoms with E-state index >= 15 is 0 Å². The maximum Gasteiger partial charge on any atom is 0.373 e. The number of nitrogens with zero attached hydrogens (tertiary/aromatic N) is 1. The van der Waals surface area contributed by atoms with Gasteiger partial charge in [-0.25, -0.2) is 4.79 Å². The predicted molar refractivity (Wildman–Crippen MR) is 65.2 cm³/mol. The van der Waals surface area contributed by atoms with Crippen molar-refractivity contribution in [2.24, 2.45) is 5.73 Å². The molecule has 6 heteroatoms. The molecule has 17 heavy (non-hydrogen) atoms. The summed E-state index contributed by atoms with van der Waals surface area (Å²) in [6.07, 6.45) is 1.02. The zero-order valence-corrected chi connectivity index (χ0v) is 10.5. The van der Waals surface area contributed by atoms with Crippen molar-refractivity contribution in [1.29, 1.82) is 0 Å². The Morgan fingerprint density at radius 2 is 2.41 bits per heavy atom. The molecule has 1 atom stereocenters. The molecule has 1 unspecified atom stereocenters. The van der Waals surface area contributed by atoms with Crippen LogP contribution in [0.4, 0.5) is 0 Å². The molecule has 0 aromatic carbocycles. The number of esters is 1. The van der Waals surface area contributed by atoms with Crippen molar-refractivity contribution in [3.63, 3.8) is 0 Å². The minimum absolute atomic E-state index is 0. The minimum Gasteiger partial charge on any atom is -0.463 e. The second kappa shape index (κ2) is 6.05. The molecule has 0 saturated carbocycles. The van der Waals surface area contributed by atoms with Gasteiger partial charge in [-0.2, -0.15) is 0 Å². The molecule has 1 aromatic heterocycles. The van der Waals surface area contributed by atoms with Crippen molar-refractivity contribution < 1.29 is 13.9 Å². The van der Waals surface area contributed by atoms with Gasteiger partial charge in [-0.05, 0) is 18.6 Å². The summed E-state index contributed by atoms with van der Waals surface area (Å²) < 4.78 is 9.95. The number of methoxy groups -OCH3 is 1. The first-order valence-corrected chi connectivity index (χ1v) is 5.34. The zero-order valence-electron chi connectivity index (χ0n) is 9.72. The smallest absolute Gasteiger partial charge is 0.373 e. The van der Waals surface area contributed by atoms with E-state index in [0.29, 0.717) is 6.54 Å². The second-order valence-corrected chi connectivity index (χ2v) is 4.04. The maximum atomic E-state index is 11.2. The van der Waals surface area contributed by atoms with Gasteiger partial charge >= 0.3 is 5.97 Å². The van der Waals surface area contributed by atoms with Crippen molar-refractivity contribution in [3.05, 3.63) is 23.7 Å². The van der Waals surface area contributed by atoms with Crippen molar-refractivity contribution in [2.45, 2.75) is 19.0 Å². The molecule has 1 aliphatic rings. The van der Waals surface area contributed by atoms with E-state index in [0.717, 1.165) is 25.3 Å². The van der Waals surface area contributed by atoms with Crippen LogP contribution in [-0.2, 0) is 11.3 Å². The molecule has 1 aromatic rings. The van der Waals surface area contributed by atoms with Crippen LogP contribution in [0.2, 0.25) is 0 Å². The number of halogens is 1. The first-order valence-electron chi connectivity index (χ1n) is 5.34. The lowest BCUT2D eigenvalue weighted by molar-refractivity contribution is 0.0561. The van der Waals surface area contributed by atoms with Crippen LogP contribution in [0.1, 0.15) is 22.7 Å². The number of nitrogens with two attached hydrogens (primary N) is 1. The molecule has 1 saturated heterocycles. The van der Waals surface area contributed by atoms with Gasteiger partial charge in [0.1, 0.15) is 5.76 Å². The molecule has 0 amide bonds. The van der Waals surface area contributed by atoms with Gasteiger partial charge in [0.15, 0.2) is 0 Å². The highest BCUT2D eigenvalue weighted by molar-refractivity contribution is 5.86. The standard InChI is InChI=1S/C11H16N2O3.ClH/c1-15-11(14)10-3-2-9(16-10)7-13-5-4-8(12)6-13;/h2-3,8H,4-7,12H2,1H3;1H. The third kappa shape index (κ3) is 3.46. The Morgan fingerprint density at radius 1 is 1.65 bits per heavy atom. The molecule has 0 radical (unpaired) electrons. The molecule has 96 valence electrons. The average molecular weight is 261 g/mol. The molecule has 0 aliphatic carbocycles. The van der Waals surface area contributed by atoms with Gasteiger partial charge in [-0.3, -0.25) is 4.90 Å². The fraction of sp³-hybridized carbons (Fsp3) is 0.545. The summed E-state index contributed by atoms with van der Waals surface area (Å²) >= 11 is 0. The Labute approximate surface area is 106 Å². The van der Waals surface area contributed by atoms with E-state index in [1.54, 1.807) is 12.1 Å². The third-order valence-electron chi connectivity index (χ3n) is 2.74. The lowest BCUT2D eigenvalue weighted by Gasteiger charge is -2.12. The molecule has 2 N–H and O–H groups in total. The minimum atomic E-state index is -0.440. The van der Waals surface area contributed by atoms with E-state index in [1.165, 1.54) is 7.11 Å². The SMILES string of the molecule is COC(=O)c1ccc(CN2CCC(N)C2)o1.Cl. The quantitative estimate of drug-likeness (QED) is 0.822. The Morgan fingerprint density at radius 3 is 3.00 bits per heavy atom. The number of rotatable bonds is 3. The number of hydrogen-bond donors (Lipinski definition) is 1. The molecule has 5 nitrogen and oxygen atoms in total. The van der Waals surface area contributed by atoms with Crippen LogP contribution < -0.4 is 5.73 Å². The molecule has 2 rings (SSSR count). The fourth-order valence-electron chi connectivity index (χ4n) is 1.90. The number of furan rings is 1. The number of carbonyl (C=O) groups excluding carboxylic acids is 1. The van der Waals surface area contributed by atoms with Crippen molar-refractivity contribution in [3.8, 4) is 0 Å². The third-order valence-corrected chi connectivity index (χ3v) is 2.74. The predicted octanol–water partition coefficient (Wildman–Crippen LogP) is 1.02. The Kier molecular flexibility index (Phi) is 4.99. The van der Waals surface area contributed by atoms with Crippen LogP contribution in [0, 0.1) is 0 Å². The summed E-state index contributed by atoms with van der Waals surface area (Å²) in [6, 6.07) is 3.70.